The van der Waals surface area contributed by atoms with E-state index in [1.165, 1.54) is 49.8 Å². The molecule has 0 saturated heterocycles. The molecule has 1 N–H and O–H groups in total. The van der Waals surface area contributed by atoms with Gasteiger partial charge in [0.1, 0.15) is 17.3 Å². The molecule has 0 amide bonds. The smallest absolute Gasteiger partial charge is 0.149 e. The Hall–Kier alpha value is -2.82. The van der Waals surface area contributed by atoms with Gasteiger partial charge in [-0.05, 0) is 60.9 Å². The highest BCUT2D eigenvalue weighted by molar-refractivity contribution is 5.69. The molecule has 1 atom stereocenters. The first-order valence-electron chi connectivity index (χ1n) is 15.0. The van der Waals surface area contributed by atoms with Crippen LogP contribution in [0, 0.1) is 11.7 Å². The van der Waals surface area contributed by atoms with Gasteiger partial charge in [0.05, 0.1) is 24.1 Å². The van der Waals surface area contributed by atoms with E-state index in [-0.39, 0.29) is 11.6 Å². The lowest BCUT2D eigenvalue weighted by Crippen LogP contribution is -2.11. The highest BCUT2D eigenvalue weighted by Crippen LogP contribution is 2.36. The molecule has 2 aromatic heterocycles. The van der Waals surface area contributed by atoms with E-state index in [0.29, 0.717) is 30.2 Å². The Balaban J connectivity index is 0. The lowest BCUT2D eigenvalue weighted by atomic mass is 9.84. The van der Waals surface area contributed by atoms with E-state index in [0.717, 1.165) is 5.69 Å². The average Bonchev–Trinajstić information content (AvgIpc) is 3.03. The molecule has 5 heteroatoms. The van der Waals surface area contributed by atoms with Gasteiger partial charge in [-0.15, -0.1) is 13.2 Å². The largest absolute Gasteiger partial charge is 0.378 e. The summed E-state index contributed by atoms with van der Waals surface area (Å²) in [5, 5.41) is 3.43. The zero-order chi connectivity index (χ0) is 30.2. The molecule has 2 aromatic rings. The molecule has 0 radical (unpaired) electrons. The summed E-state index contributed by atoms with van der Waals surface area (Å²) in [7, 11) is 0. The number of hydrogen-bond acceptors (Lipinski definition) is 3. The molecule has 220 valence electrons. The third-order valence-electron chi connectivity index (χ3n) is 5.93. The van der Waals surface area contributed by atoms with Crippen LogP contribution in [0.2, 0.25) is 0 Å². The number of rotatable bonds is 5. The Kier molecular flexibility index (Phi) is 23.8. The molecule has 2 aliphatic carbocycles. The van der Waals surface area contributed by atoms with E-state index in [1.807, 2.05) is 74.7 Å². The van der Waals surface area contributed by atoms with E-state index in [2.05, 4.69) is 34.5 Å². The fourth-order valence-corrected chi connectivity index (χ4v) is 4.35. The minimum atomic E-state index is -0.481. The Morgan fingerprint density at radius 1 is 0.897 bits per heavy atom. The monoisotopic (exact) mass is 543 g/mol. The Morgan fingerprint density at radius 2 is 1.51 bits per heavy atom. The number of aromatic nitrogens is 2. The number of allylic oxidation sites excluding steroid dienone is 4. The molecule has 2 aliphatic rings. The zero-order valence-electron chi connectivity index (χ0n) is 26.2. The van der Waals surface area contributed by atoms with Crippen molar-refractivity contribution >= 4 is 11.3 Å². The standard InChI is InChI=1S/C24H27F2N3.4C2H6.C2H4/c1-16-7-9-21(25)20(13-16)24-22(26)10-8-18(29-24)14-28-23-15-27-12-11-19(23)17-5-3-2-4-6-17;5*1-2/h7-12,15-17,28H,2-6,13-14H2,1H3;4*1-2H3;1-2H2. The van der Waals surface area contributed by atoms with Crippen molar-refractivity contribution < 1.29 is 8.78 Å². The van der Waals surface area contributed by atoms with Gasteiger partial charge in [-0.2, -0.15) is 0 Å². The fourth-order valence-electron chi connectivity index (χ4n) is 4.35. The van der Waals surface area contributed by atoms with Gasteiger partial charge in [0, 0.05) is 11.8 Å². The number of pyridine rings is 2. The van der Waals surface area contributed by atoms with E-state index < -0.39 is 11.6 Å². The second kappa shape index (κ2) is 24.2. The molecule has 3 nitrogen and oxygen atoms in total. The first kappa shape index (κ1) is 38.3. The molecule has 0 aromatic carbocycles. The van der Waals surface area contributed by atoms with Crippen LogP contribution in [0.4, 0.5) is 14.5 Å². The first-order chi connectivity index (χ1) is 19.1. The molecule has 4 rings (SSSR count). The van der Waals surface area contributed by atoms with Crippen molar-refractivity contribution in [3.8, 4) is 0 Å². The summed E-state index contributed by atoms with van der Waals surface area (Å²) >= 11 is 0. The number of nitrogens with one attached hydrogen (secondary N) is 1. The average molecular weight is 544 g/mol. The van der Waals surface area contributed by atoms with E-state index in [1.54, 1.807) is 12.1 Å². The first-order valence-corrected chi connectivity index (χ1v) is 15.0. The van der Waals surface area contributed by atoms with E-state index in [9.17, 15) is 8.78 Å². The van der Waals surface area contributed by atoms with Gasteiger partial charge in [0.25, 0.3) is 0 Å². The molecule has 1 unspecified atom stereocenters. The third kappa shape index (κ3) is 12.7. The molecular formula is C34H55F2N3. The van der Waals surface area contributed by atoms with Gasteiger partial charge in [-0.25, -0.2) is 13.8 Å². The Labute approximate surface area is 239 Å². The van der Waals surface area contributed by atoms with Gasteiger partial charge >= 0.3 is 0 Å². The second-order valence-electron chi connectivity index (χ2n) is 8.15. The molecule has 0 spiro atoms. The molecule has 1 saturated carbocycles. The van der Waals surface area contributed by atoms with Crippen LogP contribution in [-0.2, 0) is 6.54 Å². The summed E-state index contributed by atoms with van der Waals surface area (Å²) in [5.41, 5.74) is 3.45. The van der Waals surface area contributed by atoms with E-state index >= 15 is 0 Å². The maximum absolute atomic E-state index is 14.4. The van der Waals surface area contributed by atoms with Crippen molar-refractivity contribution in [2.24, 2.45) is 5.92 Å². The van der Waals surface area contributed by atoms with Crippen LogP contribution < -0.4 is 5.32 Å². The lowest BCUT2D eigenvalue weighted by molar-refractivity contribution is 0.444. The van der Waals surface area contributed by atoms with Crippen molar-refractivity contribution in [3.63, 3.8) is 0 Å². The number of hydrogen-bond donors (Lipinski definition) is 1. The van der Waals surface area contributed by atoms with Crippen LogP contribution in [0.3, 0.4) is 0 Å². The van der Waals surface area contributed by atoms with E-state index in [4.69, 9.17) is 0 Å². The summed E-state index contributed by atoms with van der Waals surface area (Å²) < 4.78 is 28.7. The predicted molar refractivity (Wildman–Crippen MR) is 169 cm³/mol. The third-order valence-corrected chi connectivity index (χ3v) is 5.93. The van der Waals surface area contributed by atoms with Gasteiger partial charge in [-0.1, -0.05) is 87.7 Å². The zero-order valence-corrected chi connectivity index (χ0v) is 26.2. The van der Waals surface area contributed by atoms with Crippen molar-refractivity contribution in [2.45, 2.75) is 113 Å². The number of nitrogens with zero attached hydrogens (tertiary/aromatic N) is 2. The summed E-state index contributed by atoms with van der Waals surface area (Å²) in [6.45, 7) is 24.4. The highest BCUT2D eigenvalue weighted by atomic mass is 19.1. The number of halogens is 2. The topological polar surface area (TPSA) is 37.8 Å². The molecule has 0 aliphatic heterocycles. The molecule has 39 heavy (non-hydrogen) atoms. The second-order valence-corrected chi connectivity index (χ2v) is 8.15. The van der Waals surface area contributed by atoms with Crippen LogP contribution in [0.25, 0.3) is 5.57 Å². The Morgan fingerprint density at radius 3 is 2.13 bits per heavy atom. The summed E-state index contributed by atoms with van der Waals surface area (Å²) in [6.07, 6.45) is 13.6. The Bertz CT molecular complexity index is 947. The van der Waals surface area contributed by atoms with Gasteiger partial charge in [-0.3, -0.25) is 4.98 Å². The summed E-state index contributed by atoms with van der Waals surface area (Å²) in [6, 6.07) is 5.13. The minimum absolute atomic E-state index is 0.122. The summed E-state index contributed by atoms with van der Waals surface area (Å²) in [5.74, 6) is -0.154. The minimum Gasteiger partial charge on any atom is -0.378 e. The molecule has 0 bridgehead atoms. The van der Waals surface area contributed by atoms with Crippen LogP contribution >= 0.6 is 0 Å². The van der Waals surface area contributed by atoms with Gasteiger partial charge in [0.15, 0.2) is 0 Å². The fraction of sp³-hybridized carbons (Fsp3) is 0.529. The quantitative estimate of drug-likeness (QED) is 0.381. The predicted octanol–water partition coefficient (Wildman–Crippen LogP) is 11.5. The SMILES string of the molecule is C=C.CC.CC.CC.CC.CC1C=CC(F)=C(c2nc(CNc3cnccc3C3CCCCC3)ccc2F)C1. The van der Waals surface area contributed by atoms with Crippen molar-refractivity contribution in [1.82, 2.24) is 9.97 Å². The van der Waals surface area contributed by atoms with Crippen molar-refractivity contribution in [2.75, 3.05) is 5.32 Å². The van der Waals surface area contributed by atoms with Gasteiger partial charge < -0.3 is 5.32 Å². The highest BCUT2D eigenvalue weighted by Gasteiger charge is 2.21. The van der Waals surface area contributed by atoms with Crippen LogP contribution in [-0.4, -0.2) is 9.97 Å². The van der Waals surface area contributed by atoms with Crippen LogP contribution in [0.5, 0.6) is 0 Å². The van der Waals surface area contributed by atoms with Crippen LogP contribution in [0.15, 0.2) is 61.7 Å². The van der Waals surface area contributed by atoms with Gasteiger partial charge in [0.2, 0.25) is 0 Å². The van der Waals surface area contributed by atoms with Crippen LogP contribution in [0.1, 0.15) is 124 Å². The normalized spacial score (nSPS) is 15.7. The molecular weight excluding hydrogens is 488 g/mol. The maximum Gasteiger partial charge on any atom is 0.149 e. The van der Waals surface area contributed by atoms with Crippen molar-refractivity contribution in [3.05, 3.63) is 84.5 Å². The number of anilines is 1. The van der Waals surface area contributed by atoms with Crippen molar-refractivity contribution in [1.29, 1.82) is 0 Å². The molecule has 2 heterocycles. The lowest BCUT2D eigenvalue weighted by Gasteiger charge is -2.24. The maximum atomic E-state index is 14.4. The molecule has 1 fully saturated rings. The summed E-state index contributed by atoms with van der Waals surface area (Å²) in [4.78, 5) is 8.72.